The molecule has 1 unspecified atom stereocenters. The molecule has 2 heterocycles. The fourth-order valence-corrected chi connectivity index (χ4v) is 2.90. The molecule has 0 radical (unpaired) electrons. The molecule has 1 aromatic rings. The Morgan fingerprint density at radius 1 is 1.65 bits per heavy atom. The third-order valence-corrected chi connectivity index (χ3v) is 4.10. The van der Waals surface area contributed by atoms with E-state index in [2.05, 4.69) is 17.2 Å². The van der Waals surface area contributed by atoms with E-state index < -0.39 is 0 Å². The average molecular weight is 293 g/mol. The SMILES string of the molecule is CC1(NC(=O)c2sccc2C#CCCO)CCCOC1. The first-order valence-electron chi connectivity index (χ1n) is 6.72. The largest absolute Gasteiger partial charge is 0.395 e. The van der Waals surface area contributed by atoms with Crippen LogP contribution in [0.15, 0.2) is 11.4 Å². The van der Waals surface area contributed by atoms with Crippen molar-refractivity contribution in [1.29, 1.82) is 0 Å². The van der Waals surface area contributed by atoms with Crippen LogP contribution in [-0.2, 0) is 4.74 Å². The Morgan fingerprint density at radius 2 is 2.50 bits per heavy atom. The summed E-state index contributed by atoms with van der Waals surface area (Å²) in [4.78, 5) is 13.0. The lowest BCUT2D eigenvalue weighted by molar-refractivity contribution is 0.0274. The fourth-order valence-electron chi connectivity index (χ4n) is 2.16. The van der Waals surface area contributed by atoms with Gasteiger partial charge in [0.1, 0.15) is 4.88 Å². The van der Waals surface area contributed by atoms with Crippen LogP contribution in [0.5, 0.6) is 0 Å². The maximum atomic E-state index is 12.4. The summed E-state index contributed by atoms with van der Waals surface area (Å²) >= 11 is 1.39. The van der Waals surface area contributed by atoms with Crippen molar-refractivity contribution >= 4 is 17.2 Å². The molecule has 1 fully saturated rings. The number of rotatable bonds is 3. The third-order valence-electron chi connectivity index (χ3n) is 3.18. The monoisotopic (exact) mass is 293 g/mol. The molecule has 2 rings (SSSR count). The summed E-state index contributed by atoms with van der Waals surface area (Å²) in [6.07, 6.45) is 2.31. The predicted octanol–water partition coefficient (Wildman–Crippen LogP) is 1.78. The van der Waals surface area contributed by atoms with E-state index in [4.69, 9.17) is 9.84 Å². The topological polar surface area (TPSA) is 58.6 Å². The smallest absolute Gasteiger partial charge is 0.263 e. The van der Waals surface area contributed by atoms with Crippen LogP contribution in [0.4, 0.5) is 0 Å². The molecular weight excluding hydrogens is 274 g/mol. The van der Waals surface area contributed by atoms with Gasteiger partial charge in [-0.2, -0.15) is 0 Å². The zero-order chi connectivity index (χ0) is 14.4. The summed E-state index contributed by atoms with van der Waals surface area (Å²) < 4.78 is 5.45. The highest BCUT2D eigenvalue weighted by atomic mass is 32.1. The van der Waals surface area contributed by atoms with Gasteiger partial charge in [-0.05, 0) is 31.2 Å². The average Bonchev–Trinajstić information content (AvgIpc) is 2.88. The minimum Gasteiger partial charge on any atom is -0.395 e. The highest BCUT2D eigenvalue weighted by Crippen LogP contribution is 2.21. The van der Waals surface area contributed by atoms with Crippen LogP contribution in [0.2, 0.25) is 0 Å². The minimum absolute atomic E-state index is 0.0358. The Hall–Kier alpha value is -1.35. The quantitative estimate of drug-likeness (QED) is 0.835. The van der Waals surface area contributed by atoms with Crippen LogP contribution in [0.3, 0.4) is 0 Å². The maximum Gasteiger partial charge on any atom is 0.263 e. The Kier molecular flexibility index (Phi) is 5.18. The lowest BCUT2D eigenvalue weighted by Gasteiger charge is -2.34. The molecule has 0 aromatic carbocycles. The summed E-state index contributed by atoms with van der Waals surface area (Å²) in [5.74, 6) is 5.69. The number of amides is 1. The van der Waals surface area contributed by atoms with E-state index in [0.717, 1.165) is 25.0 Å². The molecule has 0 aliphatic carbocycles. The van der Waals surface area contributed by atoms with Gasteiger partial charge in [-0.15, -0.1) is 11.3 Å². The number of carbonyl (C=O) groups is 1. The number of hydrogen-bond acceptors (Lipinski definition) is 4. The van der Waals surface area contributed by atoms with Crippen LogP contribution in [0.1, 0.15) is 41.4 Å². The van der Waals surface area contributed by atoms with Gasteiger partial charge in [-0.1, -0.05) is 11.8 Å². The Morgan fingerprint density at radius 3 is 3.20 bits per heavy atom. The highest BCUT2D eigenvalue weighted by Gasteiger charge is 2.30. The minimum atomic E-state index is -0.297. The van der Waals surface area contributed by atoms with Crippen molar-refractivity contribution in [3.8, 4) is 11.8 Å². The number of aliphatic hydroxyl groups excluding tert-OH is 1. The Bertz CT molecular complexity index is 521. The van der Waals surface area contributed by atoms with Crippen molar-refractivity contribution in [2.75, 3.05) is 19.8 Å². The first kappa shape index (κ1) is 15.0. The predicted molar refractivity (Wildman–Crippen MR) is 78.8 cm³/mol. The molecule has 1 amide bonds. The van der Waals surface area contributed by atoms with Crippen LogP contribution in [0.25, 0.3) is 0 Å². The van der Waals surface area contributed by atoms with Crippen molar-refractivity contribution in [2.24, 2.45) is 0 Å². The van der Waals surface area contributed by atoms with E-state index in [-0.39, 0.29) is 18.1 Å². The molecule has 2 N–H and O–H groups in total. The van der Waals surface area contributed by atoms with Crippen molar-refractivity contribution in [2.45, 2.75) is 31.7 Å². The second-order valence-corrected chi connectivity index (χ2v) is 6.03. The molecule has 0 bridgehead atoms. The Labute approximate surface area is 123 Å². The number of nitrogens with one attached hydrogen (secondary N) is 1. The van der Waals surface area contributed by atoms with Gasteiger partial charge in [0.25, 0.3) is 5.91 Å². The van der Waals surface area contributed by atoms with Crippen LogP contribution in [-0.4, -0.2) is 36.4 Å². The maximum absolute atomic E-state index is 12.4. The van der Waals surface area contributed by atoms with Gasteiger partial charge in [-0.25, -0.2) is 0 Å². The van der Waals surface area contributed by atoms with Gasteiger partial charge in [0.05, 0.1) is 18.8 Å². The molecule has 0 spiro atoms. The lowest BCUT2D eigenvalue weighted by atomic mass is 9.95. The van der Waals surface area contributed by atoms with Crippen molar-refractivity contribution < 1.29 is 14.6 Å². The molecular formula is C15H19NO3S. The number of ether oxygens (including phenoxy) is 1. The van der Waals surface area contributed by atoms with Gasteiger partial charge in [0, 0.05) is 18.6 Å². The van der Waals surface area contributed by atoms with Crippen LogP contribution >= 0.6 is 11.3 Å². The normalized spacial score (nSPS) is 21.9. The number of thiophene rings is 1. The van der Waals surface area contributed by atoms with E-state index in [9.17, 15) is 4.79 Å². The molecule has 1 saturated heterocycles. The molecule has 108 valence electrons. The lowest BCUT2D eigenvalue weighted by Crippen LogP contribution is -2.51. The fraction of sp³-hybridized carbons (Fsp3) is 0.533. The van der Waals surface area contributed by atoms with Gasteiger partial charge >= 0.3 is 0 Å². The molecule has 4 nitrogen and oxygen atoms in total. The number of aliphatic hydroxyl groups is 1. The van der Waals surface area contributed by atoms with Crippen molar-refractivity contribution in [3.05, 3.63) is 21.9 Å². The van der Waals surface area contributed by atoms with Gasteiger partial charge in [0.2, 0.25) is 0 Å². The summed E-state index contributed by atoms with van der Waals surface area (Å²) in [5.41, 5.74) is 0.427. The standard InChI is InChI=1S/C15H19NO3S/c1-15(7-4-9-19-11-15)16-14(18)13-12(6-10-20-13)5-2-3-8-17/h6,10,17H,3-4,7-9,11H2,1H3,(H,16,18). The Balaban J connectivity index is 2.06. The van der Waals surface area contributed by atoms with E-state index in [1.165, 1.54) is 11.3 Å². The zero-order valence-electron chi connectivity index (χ0n) is 11.6. The van der Waals surface area contributed by atoms with Gasteiger partial charge in [-0.3, -0.25) is 4.79 Å². The van der Waals surface area contributed by atoms with Gasteiger partial charge < -0.3 is 15.2 Å². The highest BCUT2D eigenvalue weighted by molar-refractivity contribution is 7.12. The molecule has 0 saturated carbocycles. The first-order chi connectivity index (χ1) is 9.64. The third kappa shape index (κ3) is 3.83. The van der Waals surface area contributed by atoms with E-state index >= 15 is 0 Å². The van der Waals surface area contributed by atoms with Crippen molar-refractivity contribution in [1.82, 2.24) is 5.32 Å². The summed E-state index contributed by atoms with van der Waals surface area (Å²) in [6, 6.07) is 1.84. The second kappa shape index (κ2) is 6.89. The zero-order valence-corrected chi connectivity index (χ0v) is 12.4. The summed E-state index contributed by atoms with van der Waals surface area (Å²) in [5, 5.41) is 13.6. The van der Waals surface area contributed by atoms with Gasteiger partial charge in [0.15, 0.2) is 0 Å². The molecule has 1 atom stereocenters. The molecule has 1 aliphatic heterocycles. The molecule has 5 heteroatoms. The summed E-state index contributed by atoms with van der Waals surface area (Å²) in [6.45, 7) is 3.36. The number of carbonyl (C=O) groups excluding carboxylic acids is 1. The van der Waals surface area contributed by atoms with E-state index in [1.54, 1.807) is 0 Å². The molecule has 1 aliphatic rings. The van der Waals surface area contributed by atoms with Crippen LogP contribution in [0, 0.1) is 11.8 Å². The van der Waals surface area contributed by atoms with Crippen molar-refractivity contribution in [3.63, 3.8) is 0 Å². The number of hydrogen-bond donors (Lipinski definition) is 2. The first-order valence-corrected chi connectivity index (χ1v) is 7.60. The molecule has 1 aromatic heterocycles. The molecule has 20 heavy (non-hydrogen) atoms. The summed E-state index contributed by atoms with van der Waals surface area (Å²) in [7, 11) is 0. The van der Waals surface area contributed by atoms with Crippen LogP contribution < -0.4 is 5.32 Å². The van der Waals surface area contributed by atoms with E-state index in [0.29, 0.717) is 17.9 Å². The van der Waals surface area contributed by atoms with E-state index in [1.807, 2.05) is 18.4 Å². The second-order valence-electron chi connectivity index (χ2n) is 5.11.